The highest BCUT2D eigenvalue weighted by Crippen LogP contribution is 2.26. The van der Waals surface area contributed by atoms with Crippen LogP contribution in [0.15, 0.2) is 57.9 Å². The molecule has 1 aromatic heterocycles. The number of hydrogen-bond acceptors (Lipinski definition) is 5. The highest BCUT2D eigenvalue weighted by Gasteiger charge is 2.10. The van der Waals surface area contributed by atoms with Crippen LogP contribution in [0.25, 0.3) is 11.0 Å². The Kier molecular flexibility index (Phi) is 3.70. The van der Waals surface area contributed by atoms with Crippen molar-refractivity contribution in [3.05, 3.63) is 59.0 Å². The summed E-state index contributed by atoms with van der Waals surface area (Å²) in [5, 5.41) is 0.432. The second-order valence-electron chi connectivity index (χ2n) is 4.57. The molecule has 0 spiro atoms. The van der Waals surface area contributed by atoms with E-state index in [9.17, 15) is 4.79 Å². The van der Waals surface area contributed by atoms with E-state index in [2.05, 4.69) is 0 Å². The summed E-state index contributed by atoms with van der Waals surface area (Å²) in [6, 6.07) is 12.0. The zero-order valence-corrected chi connectivity index (χ0v) is 12.2. The van der Waals surface area contributed by atoms with Crippen LogP contribution in [0.2, 0.25) is 0 Å². The molecule has 0 radical (unpaired) electrons. The summed E-state index contributed by atoms with van der Waals surface area (Å²) in [6.07, 6.45) is 1.30. The first-order valence-electron chi connectivity index (χ1n) is 6.63. The molecule has 0 aliphatic rings. The molecule has 0 fully saturated rings. The number of methoxy groups -OCH3 is 2. The van der Waals surface area contributed by atoms with Crippen molar-refractivity contribution < 1.29 is 18.6 Å². The Morgan fingerprint density at radius 1 is 0.909 bits per heavy atom. The van der Waals surface area contributed by atoms with E-state index >= 15 is 0 Å². The second-order valence-corrected chi connectivity index (χ2v) is 4.57. The monoisotopic (exact) mass is 298 g/mol. The maximum Gasteiger partial charge on any atom is 0.235 e. The Bertz CT molecular complexity index is 866. The molecule has 5 nitrogen and oxygen atoms in total. The van der Waals surface area contributed by atoms with E-state index in [0.29, 0.717) is 28.2 Å². The molecule has 22 heavy (non-hydrogen) atoms. The average Bonchev–Trinajstić information content (AvgIpc) is 2.57. The molecule has 0 unspecified atom stereocenters. The van der Waals surface area contributed by atoms with Gasteiger partial charge >= 0.3 is 0 Å². The Morgan fingerprint density at radius 2 is 1.64 bits per heavy atom. The highest BCUT2D eigenvalue weighted by atomic mass is 16.5. The third-order valence-corrected chi connectivity index (χ3v) is 3.22. The number of fused-ring (bicyclic) bond motifs is 1. The van der Waals surface area contributed by atoms with Gasteiger partial charge in [-0.1, -0.05) is 6.07 Å². The first-order valence-corrected chi connectivity index (χ1v) is 6.63. The fraction of sp³-hybridized carbons (Fsp3) is 0.118. The van der Waals surface area contributed by atoms with Gasteiger partial charge in [0.2, 0.25) is 11.2 Å². The fourth-order valence-corrected chi connectivity index (χ4v) is 2.08. The van der Waals surface area contributed by atoms with E-state index in [1.54, 1.807) is 56.7 Å². The first kappa shape index (κ1) is 14.0. The number of rotatable bonds is 4. The molecule has 0 aliphatic heterocycles. The van der Waals surface area contributed by atoms with E-state index in [4.69, 9.17) is 18.6 Å². The van der Waals surface area contributed by atoms with Gasteiger partial charge in [0.1, 0.15) is 29.1 Å². The molecule has 3 rings (SSSR count). The van der Waals surface area contributed by atoms with E-state index in [-0.39, 0.29) is 11.2 Å². The van der Waals surface area contributed by atoms with Gasteiger partial charge in [-0.15, -0.1) is 0 Å². The van der Waals surface area contributed by atoms with Crippen molar-refractivity contribution in [3.8, 4) is 23.0 Å². The van der Waals surface area contributed by atoms with Gasteiger partial charge in [0, 0.05) is 12.1 Å². The lowest BCUT2D eigenvalue weighted by atomic mass is 10.2. The number of ether oxygens (including phenoxy) is 3. The van der Waals surface area contributed by atoms with E-state index in [1.807, 2.05) is 0 Å². The van der Waals surface area contributed by atoms with Gasteiger partial charge in [-0.2, -0.15) is 0 Å². The van der Waals surface area contributed by atoms with Crippen molar-refractivity contribution in [1.29, 1.82) is 0 Å². The van der Waals surface area contributed by atoms with Gasteiger partial charge in [-0.25, -0.2) is 0 Å². The molecular weight excluding hydrogens is 284 g/mol. The quantitative estimate of drug-likeness (QED) is 0.736. The molecule has 2 aromatic carbocycles. The van der Waals surface area contributed by atoms with Gasteiger partial charge < -0.3 is 18.6 Å². The Labute approximate surface area is 126 Å². The van der Waals surface area contributed by atoms with E-state index in [0.717, 1.165) is 0 Å². The summed E-state index contributed by atoms with van der Waals surface area (Å²) in [4.78, 5) is 12.4. The normalized spacial score (nSPS) is 10.5. The first-order chi connectivity index (χ1) is 10.7. The van der Waals surface area contributed by atoms with Gasteiger partial charge in [-0.05, 0) is 24.3 Å². The third-order valence-electron chi connectivity index (χ3n) is 3.22. The molecule has 0 saturated carbocycles. The van der Waals surface area contributed by atoms with Crippen molar-refractivity contribution in [2.24, 2.45) is 0 Å². The predicted octanol–water partition coefficient (Wildman–Crippen LogP) is 3.60. The van der Waals surface area contributed by atoms with Crippen molar-refractivity contribution in [2.45, 2.75) is 0 Å². The summed E-state index contributed by atoms with van der Waals surface area (Å²) in [7, 11) is 3.12. The maximum atomic E-state index is 12.4. The summed E-state index contributed by atoms with van der Waals surface area (Å²) in [5.74, 6) is 1.88. The molecule has 112 valence electrons. The second kappa shape index (κ2) is 5.81. The molecule has 0 atom stereocenters. The van der Waals surface area contributed by atoms with Crippen LogP contribution >= 0.6 is 0 Å². The van der Waals surface area contributed by atoms with Gasteiger partial charge in [0.25, 0.3) is 0 Å². The molecule has 0 aliphatic carbocycles. The molecule has 0 bridgehead atoms. The van der Waals surface area contributed by atoms with Crippen LogP contribution in [-0.2, 0) is 0 Å². The lowest BCUT2D eigenvalue weighted by Crippen LogP contribution is -2.05. The average molecular weight is 298 g/mol. The van der Waals surface area contributed by atoms with Gasteiger partial charge in [0.05, 0.1) is 19.6 Å². The standard InChI is InChI=1S/C17H14O5/c1-19-11-4-3-5-13(8-11)22-16-10-21-15-9-12(20-2)6-7-14(15)17(16)18/h3-10H,1-2H3. The third kappa shape index (κ3) is 2.61. The van der Waals surface area contributed by atoms with Crippen molar-refractivity contribution in [2.75, 3.05) is 14.2 Å². The smallest absolute Gasteiger partial charge is 0.235 e. The van der Waals surface area contributed by atoms with Gasteiger partial charge in [-0.3, -0.25) is 4.79 Å². The Hall–Kier alpha value is -2.95. The van der Waals surface area contributed by atoms with E-state index in [1.165, 1.54) is 6.26 Å². The largest absolute Gasteiger partial charge is 0.497 e. The molecule has 0 amide bonds. The zero-order chi connectivity index (χ0) is 15.5. The summed E-state index contributed by atoms with van der Waals surface area (Å²) in [6.45, 7) is 0. The van der Waals surface area contributed by atoms with Crippen LogP contribution in [0.4, 0.5) is 0 Å². The van der Waals surface area contributed by atoms with Crippen molar-refractivity contribution >= 4 is 11.0 Å². The summed E-state index contributed by atoms with van der Waals surface area (Å²) in [5.41, 5.74) is 0.203. The van der Waals surface area contributed by atoms with Crippen LogP contribution in [0.1, 0.15) is 0 Å². The molecule has 5 heteroatoms. The maximum absolute atomic E-state index is 12.4. The van der Waals surface area contributed by atoms with Crippen LogP contribution in [-0.4, -0.2) is 14.2 Å². The Balaban J connectivity index is 2.00. The van der Waals surface area contributed by atoms with Crippen LogP contribution < -0.4 is 19.6 Å². The van der Waals surface area contributed by atoms with Crippen LogP contribution in [0.3, 0.4) is 0 Å². The summed E-state index contributed by atoms with van der Waals surface area (Å²) < 4.78 is 21.3. The Morgan fingerprint density at radius 3 is 2.41 bits per heavy atom. The molecule has 1 heterocycles. The fourth-order valence-electron chi connectivity index (χ4n) is 2.08. The minimum Gasteiger partial charge on any atom is -0.497 e. The molecular formula is C17H14O5. The lowest BCUT2D eigenvalue weighted by molar-refractivity contribution is 0.406. The SMILES string of the molecule is COc1cccc(Oc2coc3cc(OC)ccc3c2=O)c1. The van der Waals surface area contributed by atoms with Gasteiger partial charge in [0.15, 0.2) is 0 Å². The van der Waals surface area contributed by atoms with E-state index < -0.39 is 0 Å². The summed E-state index contributed by atoms with van der Waals surface area (Å²) >= 11 is 0. The minimum absolute atomic E-state index is 0.117. The molecule has 0 N–H and O–H groups in total. The lowest BCUT2D eigenvalue weighted by Gasteiger charge is -2.07. The topological polar surface area (TPSA) is 57.9 Å². The number of benzene rings is 2. The van der Waals surface area contributed by atoms with Crippen molar-refractivity contribution in [3.63, 3.8) is 0 Å². The predicted molar refractivity (Wildman–Crippen MR) is 82.1 cm³/mol. The number of hydrogen-bond donors (Lipinski definition) is 0. The van der Waals surface area contributed by atoms with Crippen molar-refractivity contribution in [1.82, 2.24) is 0 Å². The highest BCUT2D eigenvalue weighted by molar-refractivity contribution is 5.79. The molecule has 0 saturated heterocycles. The minimum atomic E-state index is -0.244. The molecule has 3 aromatic rings. The zero-order valence-electron chi connectivity index (χ0n) is 12.2. The van der Waals surface area contributed by atoms with Crippen LogP contribution in [0, 0.1) is 0 Å². The van der Waals surface area contributed by atoms with Crippen LogP contribution in [0.5, 0.6) is 23.0 Å².